The van der Waals surface area contributed by atoms with E-state index in [-0.39, 0.29) is 5.41 Å². The van der Waals surface area contributed by atoms with E-state index in [1.54, 1.807) is 24.8 Å². The molecule has 6 rings (SSSR count). The molecule has 10 nitrogen and oxygen atoms in total. The van der Waals surface area contributed by atoms with Crippen LogP contribution < -0.4 is 10.6 Å². The number of nitrogens with one attached hydrogen (secondary N) is 2. The van der Waals surface area contributed by atoms with Gasteiger partial charge in [-0.3, -0.25) is 4.98 Å². The van der Waals surface area contributed by atoms with Gasteiger partial charge in [-0.1, -0.05) is 38.1 Å². The van der Waals surface area contributed by atoms with Crippen molar-refractivity contribution >= 4 is 22.3 Å². The first-order valence-electron chi connectivity index (χ1n) is 14.6. The minimum absolute atomic E-state index is 0.0813. The molecule has 3 heterocycles. The van der Waals surface area contributed by atoms with Gasteiger partial charge in [0.15, 0.2) is 0 Å². The van der Waals surface area contributed by atoms with Crippen molar-refractivity contribution in [2.75, 3.05) is 17.2 Å². The van der Waals surface area contributed by atoms with E-state index in [0.29, 0.717) is 58.5 Å². The summed E-state index contributed by atoms with van der Waals surface area (Å²) in [4.78, 5) is 8.63. The van der Waals surface area contributed by atoms with Crippen LogP contribution in [0.3, 0.4) is 0 Å². The minimum atomic E-state index is -2.57. The highest BCUT2D eigenvalue weighted by Gasteiger charge is 2.54. The number of halogens is 2. The predicted molar refractivity (Wildman–Crippen MR) is 166 cm³/mol. The van der Waals surface area contributed by atoms with Crippen molar-refractivity contribution in [3.63, 3.8) is 0 Å². The number of imidazole rings is 1. The van der Waals surface area contributed by atoms with Crippen LogP contribution in [0.1, 0.15) is 67.6 Å². The summed E-state index contributed by atoms with van der Waals surface area (Å²) in [6, 6.07) is 13.2. The third-order valence-corrected chi connectivity index (χ3v) is 8.19. The van der Waals surface area contributed by atoms with E-state index in [4.69, 9.17) is 0 Å². The van der Waals surface area contributed by atoms with Crippen LogP contribution in [0.4, 0.5) is 20.2 Å². The van der Waals surface area contributed by atoms with Crippen LogP contribution in [0.2, 0.25) is 0 Å². The Morgan fingerprint density at radius 1 is 1.11 bits per heavy atom. The molecule has 1 fully saturated rings. The Bertz CT molecular complexity index is 1950. The Morgan fingerprint density at radius 3 is 2.53 bits per heavy atom. The molecule has 0 saturated heterocycles. The van der Waals surface area contributed by atoms with E-state index in [1.165, 1.54) is 10.9 Å². The summed E-state index contributed by atoms with van der Waals surface area (Å²) >= 11 is 0. The largest absolute Gasteiger partial charge is 0.383 e. The molecule has 0 bridgehead atoms. The zero-order valence-electron chi connectivity index (χ0n) is 25.4. The van der Waals surface area contributed by atoms with Gasteiger partial charge >= 0.3 is 0 Å². The molecule has 1 aliphatic carbocycles. The molecule has 228 valence electrons. The van der Waals surface area contributed by atoms with Crippen molar-refractivity contribution in [2.24, 2.45) is 5.41 Å². The van der Waals surface area contributed by atoms with Crippen molar-refractivity contribution in [1.82, 2.24) is 29.5 Å². The third kappa shape index (κ3) is 5.55. The van der Waals surface area contributed by atoms with Crippen LogP contribution in [0.5, 0.6) is 0 Å². The Hall–Kier alpha value is -5.36. The van der Waals surface area contributed by atoms with E-state index in [2.05, 4.69) is 63.8 Å². The normalized spacial score (nSPS) is 14.6. The summed E-state index contributed by atoms with van der Waals surface area (Å²) in [5, 5.41) is 36.1. The number of fused-ring (bicyclic) bond motifs is 1. The summed E-state index contributed by atoms with van der Waals surface area (Å²) in [6.45, 7) is 8.81. The molecule has 0 aliphatic heterocycles. The van der Waals surface area contributed by atoms with Gasteiger partial charge < -0.3 is 15.2 Å². The highest BCUT2D eigenvalue weighted by Crippen LogP contribution is 2.48. The van der Waals surface area contributed by atoms with E-state index in [1.807, 2.05) is 42.0 Å². The van der Waals surface area contributed by atoms with Gasteiger partial charge in [0.25, 0.3) is 6.43 Å². The maximum Gasteiger partial charge on any atom is 0.263 e. The first-order valence-corrected chi connectivity index (χ1v) is 14.6. The van der Waals surface area contributed by atoms with Crippen molar-refractivity contribution in [2.45, 2.75) is 58.5 Å². The highest BCUT2D eigenvalue weighted by molar-refractivity contribution is 5.99. The number of rotatable bonds is 9. The summed E-state index contributed by atoms with van der Waals surface area (Å²) in [5.74, 6) is 0. The fourth-order valence-corrected chi connectivity index (χ4v) is 5.51. The van der Waals surface area contributed by atoms with E-state index in [0.717, 1.165) is 16.8 Å². The van der Waals surface area contributed by atoms with Gasteiger partial charge in [0, 0.05) is 41.9 Å². The second-order valence-electron chi connectivity index (χ2n) is 12.6. The van der Waals surface area contributed by atoms with Crippen LogP contribution in [-0.4, -0.2) is 42.5 Å². The summed E-state index contributed by atoms with van der Waals surface area (Å²) < 4.78 is 31.2. The molecular weight excluding hydrogens is 574 g/mol. The van der Waals surface area contributed by atoms with Gasteiger partial charge in [-0.25, -0.2) is 18.4 Å². The topological polar surface area (TPSA) is 133 Å². The van der Waals surface area contributed by atoms with Crippen molar-refractivity contribution in [3.05, 3.63) is 89.4 Å². The van der Waals surface area contributed by atoms with Crippen LogP contribution in [-0.2, 0) is 5.54 Å². The quantitative estimate of drug-likeness (QED) is 0.195. The Labute approximate surface area is 259 Å². The maximum absolute atomic E-state index is 14.0. The monoisotopic (exact) mass is 606 g/mol. The average Bonchev–Trinajstić information content (AvgIpc) is 3.39. The first kappa shape index (κ1) is 29.7. The molecular formula is C33H32F2N10. The zero-order chi connectivity index (χ0) is 31.9. The highest BCUT2D eigenvalue weighted by atomic mass is 19.3. The number of anilines is 2. The Kier molecular flexibility index (Phi) is 7.45. The molecule has 0 unspecified atom stereocenters. The van der Waals surface area contributed by atoms with Gasteiger partial charge in [-0.15, -0.1) is 5.10 Å². The number of hydrogen-bond acceptors (Lipinski definition) is 8. The van der Waals surface area contributed by atoms with Crippen LogP contribution in [0.15, 0.2) is 61.4 Å². The predicted octanol–water partition coefficient (Wildman–Crippen LogP) is 6.48. The SMILES string of the molecule is Cc1c([C@H](Nc2cc(C#N)c3ncc(C#N)c(NCC(C)(C)C)c3c2)c2cn(C3(C(F)F)CC3)nn2)cccc1-n1ccnc1. The first-order chi connectivity index (χ1) is 21.5. The third-order valence-electron chi connectivity index (χ3n) is 8.19. The number of nitrogens with zero attached hydrogens (tertiary/aromatic N) is 8. The van der Waals surface area contributed by atoms with Crippen molar-refractivity contribution in [1.29, 1.82) is 10.5 Å². The molecule has 2 aromatic carbocycles. The maximum atomic E-state index is 14.0. The smallest absolute Gasteiger partial charge is 0.263 e. The van der Waals surface area contributed by atoms with Crippen molar-refractivity contribution in [3.8, 4) is 17.8 Å². The minimum Gasteiger partial charge on any atom is -0.383 e. The van der Waals surface area contributed by atoms with E-state index in [9.17, 15) is 19.3 Å². The number of aromatic nitrogens is 6. The van der Waals surface area contributed by atoms with Gasteiger partial charge in [-0.05, 0) is 54.5 Å². The standard InChI is InChI=1S/C33H32F2N10/c1-20-24(6-5-7-27(20)44-11-10-38-19-44)30(26-17-45(43-42-26)33(8-9-33)31(34)35)41-23-12-21(14-36)28-25(13-23)29(22(15-37)16-39-28)40-18-32(2,3)4/h5-7,10-13,16-17,19,30-31,41H,8-9,18H2,1-4H3,(H,39,40)/t30-/m0/s1. The molecule has 1 atom stereocenters. The summed E-state index contributed by atoms with van der Waals surface area (Å²) in [6.07, 6.45) is 6.40. The van der Waals surface area contributed by atoms with Gasteiger partial charge in [-0.2, -0.15) is 10.5 Å². The molecule has 5 aromatic rings. The fraction of sp³-hybridized carbons (Fsp3) is 0.333. The second kappa shape index (κ2) is 11.3. The van der Waals surface area contributed by atoms with Crippen LogP contribution >= 0.6 is 0 Å². The lowest BCUT2D eigenvalue weighted by atomic mass is 9.95. The molecule has 12 heteroatoms. The molecule has 45 heavy (non-hydrogen) atoms. The van der Waals surface area contributed by atoms with Gasteiger partial charge in [0.05, 0.1) is 40.9 Å². The molecule has 0 spiro atoms. The van der Waals surface area contributed by atoms with Crippen LogP contribution in [0.25, 0.3) is 16.6 Å². The second-order valence-corrected chi connectivity index (χ2v) is 12.6. The lowest BCUT2D eigenvalue weighted by molar-refractivity contribution is 0.0593. The zero-order valence-corrected chi connectivity index (χ0v) is 25.4. The fourth-order valence-electron chi connectivity index (χ4n) is 5.51. The van der Waals surface area contributed by atoms with Gasteiger partial charge in [0.2, 0.25) is 0 Å². The Morgan fingerprint density at radius 2 is 1.89 bits per heavy atom. The van der Waals surface area contributed by atoms with E-state index < -0.39 is 18.0 Å². The average molecular weight is 607 g/mol. The molecule has 2 N–H and O–H groups in total. The number of alkyl halides is 2. The molecule has 1 aliphatic rings. The van der Waals surface area contributed by atoms with Gasteiger partial charge in [0.1, 0.15) is 23.4 Å². The molecule has 0 radical (unpaired) electrons. The number of benzene rings is 2. The molecule has 1 saturated carbocycles. The lowest BCUT2D eigenvalue weighted by Gasteiger charge is -2.24. The summed E-state index contributed by atoms with van der Waals surface area (Å²) in [5.41, 5.74) is 3.97. The number of nitriles is 2. The summed E-state index contributed by atoms with van der Waals surface area (Å²) in [7, 11) is 0. The molecule has 3 aromatic heterocycles. The van der Waals surface area contributed by atoms with Crippen LogP contribution in [0, 0.1) is 35.0 Å². The lowest BCUT2D eigenvalue weighted by Crippen LogP contribution is -2.26. The molecule has 0 amide bonds. The number of pyridine rings is 1. The Balaban J connectivity index is 1.50. The van der Waals surface area contributed by atoms with E-state index >= 15 is 0 Å². The number of hydrogen-bond donors (Lipinski definition) is 2. The van der Waals surface area contributed by atoms with Crippen molar-refractivity contribution < 1.29 is 8.78 Å².